The van der Waals surface area contributed by atoms with Crippen molar-refractivity contribution in [3.05, 3.63) is 17.7 Å². The molecule has 1 fully saturated rings. The van der Waals surface area contributed by atoms with Gasteiger partial charge in [-0.05, 0) is 5.92 Å². The van der Waals surface area contributed by atoms with Gasteiger partial charge in [-0.1, -0.05) is 19.3 Å². The average Bonchev–Trinajstić information content (AvgIpc) is 2.44. The van der Waals surface area contributed by atoms with Crippen molar-refractivity contribution in [2.75, 3.05) is 0 Å². The van der Waals surface area contributed by atoms with Crippen LogP contribution in [0.1, 0.15) is 30.8 Å². The zero-order chi connectivity index (χ0) is 8.39. The van der Waals surface area contributed by atoms with E-state index in [-0.39, 0.29) is 0 Å². The third-order valence-electron chi connectivity index (χ3n) is 2.53. The molecule has 1 heterocycles. The van der Waals surface area contributed by atoms with Crippen LogP contribution < -0.4 is 0 Å². The van der Waals surface area contributed by atoms with E-state index in [1.807, 2.05) is 6.20 Å². The van der Waals surface area contributed by atoms with Gasteiger partial charge in [0.05, 0.1) is 5.88 Å². The number of aromatic nitrogens is 2. The number of halogens is 1. The summed E-state index contributed by atoms with van der Waals surface area (Å²) in [5.41, 5.74) is 1.03. The van der Waals surface area contributed by atoms with Crippen molar-refractivity contribution in [2.45, 2.75) is 31.6 Å². The van der Waals surface area contributed by atoms with Crippen LogP contribution in [0.4, 0.5) is 0 Å². The zero-order valence-corrected chi connectivity index (χ0v) is 7.77. The first kappa shape index (κ1) is 8.11. The fourth-order valence-corrected chi connectivity index (χ4v) is 1.68. The van der Waals surface area contributed by atoms with Crippen LogP contribution >= 0.6 is 11.6 Å². The SMILES string of the molecule is ClCc1cnc(CC2CCC2)[nH]1. The molecule has 1 aliphatic rings. The Bertz CT molecular complexity index is 253. The summed E-state index contributed by atoms with van der Waals surface area (Å²) in [5, 5.41) is 0. The standard InChI is InChI=1S/C9H13ClN2/c10-5-8-6-11-9(12-8)4-7-2-1-3-7/h6-7H,1-5H2,(H,11,12). The van der Waals surface area contributed by atoms with Crippen LogP contribution in [0.2, 0.25) is 0 Å². The van der Waals surface area contributed by atoms with Gasteiger partial charge in [0.15, 0.2) is 0 Å². The second kappa shape index (κ2) is 3.48. The molecule has 2 rings (SSSR count). The summed E-state index contributed by atoms with van der Waals surface area (Å²) >= 11 is 5.65. The smallest absolute Gasteiger partial charge is 0.106 e. The Kier molecular flexibility index (Phi) is 2.35. The molecule has 1 saturated carbocycles. The molecule has 0 saturated heterocycles. The lowest BCUT2D eigenvalue weighted by Crippen LogP contribution is -2.14. The van der Waals surface area contributed by atoms with Crippen molar-refractivity contribution in [1.82, 2.24) is 9.97 Å². The van der Waals surface area contributed by atoms with Gasteiger partial charge in [0, 0.05) is 18.3 Å². The van der Waals surface area contributed by atoms with E-state index in [1.165, 1.54) is 19.3 Å². The minimum atomic E-state index is 0.539. The molecule has 2 nitrogen and oxygen atoms in total. The second-order valence-corrected chi connectivity index (χ2v) is 3.76. The lowest BCUT2D eigenvalue weighted by atomic mass is 9.83. The van der Waals surface area contributed by atoms with Crippen LogP contribution in [0.5, 0.6) is 0 Å². The molecule has 0 atom stereocenters. The maximum absolute atomic E-state index is 5.65. The minimum absolute atomic E-state index is 0.539. The molecule has 0 aliphatic heterocycles. The predicted octanol–water partition coefficient (Wildman–Crippen LogP) is 2.49. The Morgan fingerprint density at radius 3 is 2.92 bits per heavy atom. The number of nitrogens with one attached hydrogen (secondary N) is 1. The summed E-state index contributed by atoms with van der Waals surface area (Å²) < 4.78 is 0. The van der Waals surface area contributed by atoms with Crippen molar-refractivity contribution in [1.29, 1.82) is 0 Å². The summed E-state index contributed by atoms with van der Waals surface area (Å²) in [6.07, 6.45) is 7.08. The number of H-pyrrole nitrogens is 1. The van der Waals surface area contributed by atoms with Gasteiger partial charge >= 0.3 is 0 Å². The van der Waals surface area contributed by atoms with E-state index in [4.69, 9.17) is 11.6 Å². The van der Waals surface area contributed by atoms with Gasteiger partial charge in [-0.25, -0.2) is 4.98 Å². The molecule has 1 aromatic rings. The van der Waals surface area contributed by atoms with Crippen molar-refractivity contribution in [3.63, 3.8) is 0 Å². The molecule has 0 amide bonds. The minimum Gasteiger partial charge on any atom is -0.345 e. The van der Waals surface area contributed by atoms with Crippen LogP contribution in [0.15, 0.2) is 6.20 Å². The first-order valence-electron chi connectivity index (χ1n) is 4.47. The Balaban J connectivity index is 1.93. The van der Waals surface area contributed by atoms with Crippen LogP contribution in [0, 0.1) is 5.92 Å². The zero-order valence-electron chi connectivity index (χ0n) is 7.02. The number of imidazole rings is 1. The number of rotatable bonds is 3. The molecular formula is C9H13ClN2. The van der Waals surface area contributed by atoms with Gasteiger partial charge in [0.1, 0.15) is 5.82 Å². The molecule has 0 radical (unpaired) electrons. The Labute approximate surface area is 77.3 Å². The quantitative estimate of drug-likeness (QED) is 0.719. The monoisotopic (exact) mass is 184 g/mol. The summed E-state index contributed by atoms with van der Waals surface area (Å²) in [5.74, 6) is 2.52. The first-order valence-corrected chi connectivity index (χ1v) is 5.00. The van der Waals surface area contributed by atoms with E-state index >= 15 is 0 Å². The number of hydrogen-bond acceptors (Lipinski definition) is 1. The molecule has 0 bridgehead atoms. The largest absolute Gasteiger partial charge is 0.345 e. The third kappa shape index (κ3) is 1.63. The van der Waals surface area contributed by atoms with Gasteiger partial charge < -0.3 is 4.98 Å². The number of nitrogens with zero attached hydrogens (tertiary/aromatic N) is 1. The molecule has 0 aromatic carbocycles. The highest BCUT2D eigenvalue weighted by Gasteiger charge is 2.18. The van der Waals surface area contributed by atoms with Gasteiger partial charge in [-0.3, -0.25) is 0 Å². The highest BCUT2D eigenvalue weighted by Crippen LogP contribution is 2.28. The molecule has 3 heteroatoms. The molecule has 12 heavy (non-hydrogen) atoms. The third-order valence-corrected chi connectivity index (χ3v) is 2.82. The number of aromatic amines is 1. The fourth-order valence-electron chi connectivity index (χ4n) is 1.55. The van der Waals surface area contributed by atoms with Gasteiger partial charge in [-0.15, -0.1) is 11.6 Å². The van der Waals surface area contributed by atoms with Gasteiger partial charge in [0.2, 0.25) is 0 Å². The first-order chi connectivity index (χ1) is 5.88. The topological polar surface area (TPSA) is 28.7 Å². The second-order valence-electron chi connectivity index (χ2n) is 3.49. The van der Waals surface area contributed by atoms with E-state index in [0.717, 1.165) is 23.9 Å². The fraction of sp³-hybridized carbons (Fsp3) is 0.667. The highest BCUT2D eigenvalue weighted by molar-refractivity contribution is 6.16. The summed E-state index contributed by atoms with van der Waals surface area (Å²) in [6.45, 7) is 0. The molecule has 1 N–H and O–H groups in total. The molecule has 1 aliphatic carbocycles. The summed E-state index contributed by atoms with van der Waals surface area (Å²) in [6, 6.07) is 0. The molecule has 0 spiro atoms. The van der Waals surface area contributed by atoms with Crippen LogP contribution in [0.25, 0.3) is 0 Å². The lowest BCUT2D eigenvalue weighted by molar-refractivity contribution is 0.310. The van der Waals surface area contributed by atoms with Crippen molar-refractivity contribution >= 4 is 11.6 Å². The Morgan fingerprint density at radius 2 is 2.42 bits per heavy atom. The van der Waals surface area contributed by atoms with Crippen molar-refractivity contribution in [3.8, 4) is 0 Å². The Morgan fingerprint density at radius 1 is 1.58 bits per heavy atom. The van der Waals surface area contributed by atoms with E-state index in [0.29, 0.717) is 5.88 Å². The highest BCUT2D eigenvalue weighted by atomic mass is 35.5. The molecular weight excluding hydrogens is 172 g/mol. The van der Waals surface area contributed by atoms with E-state index in [2.05, 4.69) is 9.97 Å². The maximum atomic E-state index is 5.65. The summed E-state index contributed by atoms with van der Waals surface area (Å²) in [7, 11) is 0. The van der Waals surface area contributed by atoms with Gasteiger partial charge in [0.25, 0.3) is 0 Å². The predicted molar refractivity (Wildman–Crippen MR) is 49.2 cm³/mol. The molecule has 1 aromatic heterocycles. The number of hydrogen-bond donors (Lipinski definition) is 1. The van der Waals surface area contributed by atoms with E-state index in [9.17, 15) is 0 Å². The lowest BCUT2D eigenvalue weighted by Gasteiger charge is -2.23. The Hall–Kier alpha value is -0.500. The summed E-state index contributed by atoms with van der Waals surface area (Å²) in [4.78, 5) is 7.49. The van der Waals surface area contributed by atoms with E-state index in [1.54, 1.807) is 0 Å². The number of alkyl halides is 1. The molecule has 0 unspecified atom stereocenters. The average molecular weight is 185 g/mol. The van der Waals surface area contributed by atoms with Crippen molar-refractivity contribution < 1.29 is 0 Å². The van der Waals surface area contributed by atoms with Crippen molar-refractivity contribution in [2.24, 2.45) is 5.92 Å². The molecule has 66 valence electrons. The van der Waals surface area contributed by atoms with Crippen LogP contribution in [-0.2, 0) is 12.3 Å². The normalized spacial score (nSPS) is 17.8. The van der Waals surface area contributed by atoms with Crippen LogP contribution in [0.3, 0.4) is 0 Å². The van der Waals surface area contributed by atoms with Gasteiger partial charge in [-0.2, -0.15) is 0 Å². The van der Waals surface area contributed by atoms with Crippen LogP contribution in [-0.4, -0.2) is 9.97 Å². The maximum Gasteiger partial charge on any atom is 0.106 e. The van der Waals surface area contributed by atoms with E-state index < -0.39 is 0 Å².